The fraction of sp³-hybridized carbons (Fsp3) is 0.423. The first kappa shape index (κ1) is 26.4. The number of hydrogen-bond acceptors (Lipinski definition) is 8. The van der Waals surface area contributed by atoms with E-state index in [1.165, 1.54) is 39.9 Å². The second-order valence-electron chi connectivity index (χ2n) is 9.29. The summed E-state index contributed by atoms with van der Waals surface area (Å²) in [5.41, 5.74) is 1.02. The van der Waals surface area contributed by atoms with Crippen LogP contribution in [-0.4, -0.2) is 55.7 Å². The number of aryl methyl sites for hydroxylation is 1. The molecule has 1 fully saturated rings. The lowest BCUT2D eigenvalue weighted by molar-refractivity contribution is -0.143. The number of benzene rings is 2. The summed E-state index contributed by atoms with van der Waals surface area (Å²) < 4.78 is 46.2. The number of piperidine rings is 1. The zero-order valence-corrected chi connectivity index (χ0v) is 22.8. The van der Waals surface area contributed by atoms with Gasteiger partial charge in [-0.2, -0.15) is 9.30 Å². The summed E-state index contributed by atoms with van der Waals surface area (Å²) in [5.74, 6) is 0.833. The van der Waals surface area contributed by atoms with Gasteiger partial charge >= 0.3 is 5.97 Å². The van der Waals surface area contributed by atoms with E-state index in [0.29, 0.717) is 35.3 Å². The molecule has 0 radical (unpaired) electrons. The molecule has 38 heavy (non-hydrogen) atoms. The Labute approximate surface area is 224 Å². The van der Waals surface area contributed by atoms with Crippen LogP contribution in [0, 0.1) is 5.92 Å². The molecule has 3 aromatic rings. The van der Waals surface area contributed by atoms with Crippen LogP contribution >= 0.6 is 11.3 Å². The van der Waals surface area contributed by atoms with Crippen LogP contribution in [0.1, 0.15) is 43.5 Å². The molecule has 3 heterocycles. The number of hydrogen-bond donors (Lipinski definition) is 0. The number of aromatic nitrogens is 1. The van der Waals surface area contributed by atoms with E-state index in [0.717, 1.165) is 23.1 Å². The van der Waals surface area contributed by atoms with E-state index in [-0.39, 0.29) is 42.8 Å². The Kier molecular flexibility index (Phi) is 7.55. The number of thiazole rings is 1. The van der Waals surface area contributed by atoms with Crippen LogP contribution in [0.3, 0.4) is 0 Å². The van der Waals surface area contributed by atoms with Crippen molar-refractivity contribution in [2.75, 3.05) is 26.5 Å². The highest BCUT2D eigenvalue weighted by Gasteiger charge is 2.28. The van der Waals surface area contributed by atoms with Gasteiger partial charge in [0.1, 0.15) is 0 Å². The second-order valence-corrected chi connectivity index (χ2v) is 12.2. The van der Waals surface area contributed by atoms with E-state index in [2.05, 4.69) is 11.9 Å². The lowest BCUT2D eigenvalue weighted by Crippen LogP contribution is -2.37. The van der Waals surface area contributed by atoms with Crippen molar-refractivity contribution in [2.24, 2.45) is 10.9 Å². The van der Waals surface area contributed by atoms with Crippen LogP contribution in [0.25, 0.3) is 10.2 Å². The predicted molar refractivity (Wildman–Crippen MR) is 141 cm³/mol. The zero-order chi connectivity index (χ0) is 26.9. The predicted octanol–water partition coefficient (Wildman–Crippen LogP) is 3.55. The first-order valence-electron chi connectivity index (χ1n) is 12.5. The largest absolute Gasteiger partial charge is 0.466 e. The third-order valence-corrected chi connectivity index (χ3v) is 9.65. The Bertz CT molecular complexity index is 1530. The van der Waals surface area contributed by atoms with Gasteiger partial charge in [0.2, 0.25) is 16.8 Å². The Morgan fingerprint density at radius 2 is 1.79 bits per heavy atom. The van der Waals surface area contributed by atoms with Crippen LogP contribution < -0.4 is 14.3 Å². The van der Waals surface area contributed by atoms with E-state index in [4.69, 9.17) is 14.2 Å². The molecule has 2 aliphatic heterocycles. The highest BCUT2D eigenvalue weighted by Crippen LogP contribution is 2.37. The monoisotopic (exact) mass is 559 g/mol. The van der Waals surface area contributed by atoms with Gasteiger partial charge in [0.25, 0.3) is 5.91 Å². The number of carbonyl (C=O) groups excluding carboxylic acids is 2. The second kappa shape index (κ2) is 10.9. The maximum atomic E-state index is 13.1. The minimum absolute atomic E-state index is 0.108. The molecule has 1 amide bonds. The number of esters is 1. The number of fused-ring (bicyclic) bond motifs is 2. The van der Waals surface area contributed by atoms with Gasteiger partial charge in [0.15, 0.2) is 16.3 Å². The van der Waals surface area contributed by atoms with Crippen molar-refractivity contribution in [1.82, 2.24) is 8.87 Å². The highest BCUT2D eigenvalue weighted by molar-refractivity contribution is 7.89. The van der Waals surface area contributed by atoms with E-state index in [1.807, 2.05) is 12.1 Å². The van der Waals surface area contributed by atoms with E-state index >= 15 is 0 Å². The van der Waals surface area contributed by atoms with Crippen molar-refractivity contribution in [3.05, 3.63) is 46.8 Å². The molecule has 0 N–H and O–H groups in total. The fourth-order valence-corrected chi connectivity index (χ4v) is 7.03. The smallest absolute Gasteiger partial charge is 0.307 e. The average molecular weight is 560 g/mol. The standard InChI is InChI=1S/C26H29N3O7S2/c1-3-34-24(30)10-13-29-20-14-21-22(36-16-35-21)15-23(20)37-26(29)27-25(31)18-4-6-19(7-5-18)38(32,33)28-11-8-17(2)9-12-28/h4-7,14-15,17H,3,8-13,16H2,1-2H3. The van der Waals surface area contributed by atoms with Gasteiger partial charge in [-0.25, -0.2) is 8.42 Å². The van der Waals surface area contributed by atoms with Gasteiger partial charge in [0.05, 0.1) is 28.1 Å². The molecule has 0 spiro atoms. The van der Waals surface area contributed by atoms with E-state index in [9.17, 15) is 18.0 Å². The highest BCUT2D eigenvalue weighted by atomic mass is 32.2. The molecule has 1 aromatic heterocycles. The van der Waals surface area contributed by atoms with Crippen LogP contribution in [0.2, 0.25) is 0 Å². The molecule has 0 atom stereocenters. The summed E-state index contributed by atoms with van der Waals surface area (Å²) in [6.07, 6.45) is 1.78. The molecule has 1 saturated heterocycles. The Balaban J connectivity index is 1.44. The Morgan fingerprint density at radius 1 is 1.11 bits per heavy atom. The van der Waals surface area contributed by atoms with Crippen molar-refractivity contribution >= 4 is 43.5 Å². The summed E-state index contributed by atoms with van der Waals surface area (Å²) >= 11 is 1.29. The first-order chi connectivity index (χ1) is 18.3. The van der Waals surface area contributed by atoms with Crippen molar-refractivity contribution < 1.29 is 32.2 Å². The Hall–Kier alpha value is -3.22. The lowest BCUT2D eigenvalue weighted by Gasteiger charge is -2.29. The first-order valence-corrected chi connectivity index (χ1v) is 14.8. The van der Waals surface area contributed by atoms with Crippen molar-refractivity contribution in [3.8, 4) is 11.5 Å². The number of nitrogens with zero attached hydrogens (tertiary/aromatic N) is 3. The normalized spacial score (nSPS) is 16.7. The van der Waals surface area contributed by atoms with E-state index in [1.54, 1.807) is 11.5 Å². The van der Waals surface area contributed by atoms with Crippen molar-refractivity contribution in [2.45, 2.75) is 44.6 Å². The van der Waals surface area contributed by atoms with Gasteiger partial charge in [-0.1, -0.05) is 18.3 Å². The minimum atomic E-state index is -3.61. The van der Waals surface area contributed by atoms with Gasteiger partial charge in [0, 0.05) is 37.3 Å². The maximum Gasteiger partial charge on any atom is 0.307 e. The summed E-state index contributed by atoms with van der Waals surface area (Å²) in [7, 11) is -3.61. The summed E-state index contributed by atoms with van der Waals surface area (Å²) in [6, 6.07) is 9.51. The lowest BCUT2D eigenvalue weighted by atomic mass is 10.0. The number of sulfonamides is 1. The van der Waals surface area contributed by atoms with Gasteiger partial charge in [-0.15, -0.1) is 0 Å². The number of rotatable bonds is 7. The summed E-state index contributed by atoms with van der Waals surface area (Å²) in [5, 5.41) is 0. The van der Waals surface area contributed by atoms with Gasteiger partial charge in [-0.05, 0) is 49.9 Å². The molecule has 0 bridgehead atoms. The minimum Gasteiger partial charge on any atom is -0.466 e. The van der Waals surface area contributed by atoms with Crippen LogP contribution in [0.15, 0.2) is 46.3 Å². The molecule has 10 nitrogen and oxygen atoms in total. The molecule has 0 unspecified atom stereocenters. The number of ether oxygens (including phenoxy) is 3. The molecular formula is C26H29N3O7S2. The molecule has 0 saturated carbocycles. The molecule has 0 aliphatic carbocycles. The van der Waals surface area contributed by atoms with Crippen LogP contribution in [0.5, 0.6) is 11.5 Å². The zero-order valence-electron chi connectivity index (χ0n) is 21.2. The van der Waals surface area contributed by atoms with Crippen LogP contribution in [0.4, 0.5) is 0 Å². The maximum absolute atomic E-state index is 13.1. The summed E-state index contributed by atoms with van der Waals surface area (Å²) in [6.45, 7) is 5.54. The topological polar surface area (TPSA) is 117 Å². The number of amides is 1. The summed E-state index contributed by atoms with van der Waals surface area (Å²) in [4.78, 5) is 30.0. The van der Waals surface area contributed by atoms with Crippen molar-refractivity contribution in [1.29, 1.82) is 0 Å². The molecule has 202 valence electrons. The van der Waals surface area contributed by atoms with E-state index < -0.39 is 15.9 Å². The third-order valence-electron chi connectivity index (χ3n) is 6.70. The number of carbonyl (C=O) groups is 2. The van der Waals surface area contributed by atoms with Crippen molar-refractivity contribution in [3.63, 3.8) is 0 Å². The molecule has 2 aliphatic rings. The quantitative estimate of drug-likeness (QED) is 0.407. The van der Waals surface area contributed by atoms with Gasteiger partial charge in [-0.3, -0.25) is 9.59 Å². The molecular weight excluding hydrogens is 530 g/mol. The molecule has 5 rings (SSSR count). The SMILES string of the molecule is CCOC(=O)CCn1c(=NC(=O)c2ccc(S(=O)(=O)N3CCC(C)CC3)cc2)sc2cc3c(cc21)OCO3. The fourth-order valence-electron chi connectivity index (χ4n) is 4.49. The third kappa shape index (κ3) is 5.33. The van der Waals surface area contributed by atoms with Crippen LogP contribution in [-0.2, 0) is 26.1 Å². The molecule has 12 heteroatoms. The molecule has 2 aromatic carbocycles. The average Bonchev–Trinajstić information content (AvgIpc) is 3.49. The Morgan fingerprint density at radius 3 is 2.47 bits per heavy atom. The van der Waals surface area contributed by atoms with Gasteiger partial charge < -0.3 is 18.8 Å².